The van der Waals surface area contributed by atoms with Crippen molar-refractivity contribution in [2.75, 3.05) is 0 Å². The smallest absolute Gasteiger partial charge is 0.00604 e. The molecule has 2 aromatic rings. The Hall–Kier alpha value is -1.82. The highest BCUT2D eigenvalue weighted by molar-refractivity contribution is 5.82. The van der Waals surface area contributed by atoms with Crippen LogP contribution in [0.25, 0.3) is 17.2 Å². The molecule has 0 heteroatoms. The van der Waals surface area contributed by atoms with Crippen LogP contribution < -0.4 is 0 Å². The van der Waals surface area contributed by atoms with Gasteiger partial charge in [0.05, 0.1) is 0 Å². The standard InChI is InChI=1S/C18H18/c1-3-14-7-4-5-9-16(14)17-10-6-8-15-11-13(2)12-18(15)17/h4-10,12H,3,11H2,1-2H3. The van der Waals surface area contributed by atoms with E-state index in [1.54, 1.807) is 0 Å². The first kappa shape index (κ1) is 11.3. The highest BCUT2D eigenvalue weighted by Crippen LogP contribution is 2.35. The molecule has 1 aliphatic rings. The lowest BCUT2D eigenvalue weighted by Crippen LogP contribution is -1.91. The van der Waals surface area contributed by atoms with Gasteiger partial charge in [0, 0.05) is 0 Å². The predicted molar refractivity (Wildman–Crippen MR) is 78.6 cm³/mol. The molecule has 2 aromatic carbocycles. The average molecular weight is 234 g/mol. The zero-order valence-electron chi connectivity index (χ0n) is 11.0. The first-order valence-corrected chi connectivity index (χ1v) is 6.67. The molecule has 0 saturated heterocycles. The van der Waals surface area contributed by atoms with E-state index in [2.05, 4.69) is 62.4 Å². The van der Waals surface area contributed by atoms with Gasteiger partial charge in [-0.15, -0.1) is 0 Å². The number of allylic oxidation sites excluding steroid dienone is 1. The molecule has 0 amide bonds. The predicted octanol–water partition coefficient (Wildman–Crippen LogP) is 4.88. The monoisotopic (exact) mass is 234 g/mol. The van der Waals surface area contributed by atoms with E-state index in [1.807, 2.05) is 0 Å². The molecule has 0 radical (unpaired) electrons. The van der Waals surface area contributed by atoms with Crippen molar-refractivity contribution < 1.29 is 0 Å². The van der Waals surface area contributed by atoms with Gasteiger partial charge in [-0.2, -0.15) is 0 Å². The van der Waals surface area contributed by atoms with Gasteiger partial charge < -0.3 is 0 Å². The fourth-order valence-electron chi connectivity index (χ4n) is 2.86. The molecule has 1 aliphatic carbocycles. The Morgan fingerprint density at radius 2 is 1.72 bits per heavy atom. The molecular weight excluding hydrogens is 216 g/mol. The fraction of sp³-hybridized carbons (Fsp3) is 0.222. The summed E-state index contributed by atoms with van der Waals surface area (Å²) in [7, 11) is 0. The van der Waals surface area contributed by atoms with Crippen molar-refractivity contribution in [1.82, 2.24) is 0 Å². The van der Waals surface area contributed by atoms with Crippen molar-refractivity contribution in [2.45, 2.75) is 26.7 Å². The SMILES string of the molecule is CCc1ccccc1-c1cccc2c1C=C(C)C2. The minimum absolute atomic E-state index is 1.09. The van der Waals surface area contributed by atoms with Crippen LogP contribution in [0.5, 0.6) is 0 Å². The molecule has 0 fully saturated rings. The Balaban J connectivity index is 2.22. The lowest BCUT2D eigenvalue weighted by molar-refractivity contribution is 1.14. The highest BCUT2D eigenvalue weighted by atomic mass is 14.2. The van der Waals surface area contributed by atoms with E-state index in [9.17, 15) is 0 Å². The van der Waals surface area contributed by atoms with Gasteiger partial charge in [-0.25, -0.2) is 0 Å². The summed E-state index contributed by atoms with van der Waals surface area (Å²) in [5.74, 6) is 0. The topological polar surface area (TPSA) is 0 Å². The van der Waals surface area contributed by atoms with Crippen molar-refractivity contribution in [2.24, 2.45) is 0 Å². The average Bonchev–Trinajstić information content (AvgIpc) is 2.78. The molecule has 0 spiro atoms. The number of hydrogen-bond acceptors (Lipinski definition) is 0. The second kappa shape index (κ2) is 4.45. The summed E-state index contributed by atoms with van der Waals surface area (Å²) >= 11 is 0. The molecule has 3 rings (SSSR count). The van der Waals surface area contributed by atoms with E-state index in [4.69, 9.17) is 0 Å². The molecule has 90 valence electrons. The molecule has 0 bridgehead atoms. The van der Waals surface area contributed by atoms with Crippen LogP contribution in [0.3, 0.4) is 0 Å². The molecule has 0 nitrogen and oxygen atoms in total. The summed E-state index contributed by atoms with van der Waals surface area (Å²) in [5.41, 5.74) is 8.58. The maximum absolute atomic E-state index is 2.34. The lowest BCUT2D eigenvalue weighted by Gasteiger charge is -2.11. The van der Waals surface area contributed by atoms with Crippen molar-refractivity contribution in [1.29, 1.82) is 0 Å². The molecule has 0 N–H and O–H groups in total. The first-order valence-electron chi connectivity index (χ1n) is 6.67. The maximum Gasteiger partial charge on any atom is -0.00604 e. The molecular formula is C18H18. The Kier molecular flexibility index (Phi) is 2.79. The summed E-state index contributed by atoms with van der Waals surface area (Å²) in [4.78, 5) is 0. The Labute approximate surface area is 109 Å². The van der Waals surface area contributed by atoms with E-state index in [0.717, 1.165) is 12.8 Å². The normalized spacial score (nSPS) is 13.3. The van der Waals surface area contributed by atoms with Gasteiger partial charge in [-0.1, -0.05) is 61.0 Å². The fourth-order valence-corrected chi connectivity index (χ4v) is 2.86. The molecule has 0 aromatic heterocycles. The van der Waals surface area contributed by atoms with E-state index in [1.165, 1.54) is 33.4 Å². The molecule has 0 heterocycles. The summed E-state index contributed by atoms with van der Waals surface area (Å²) < 4.78 is 0. The zero-order chi connectivity index (χ0) is 12.5. The summed E-state index contributed by atoms with van der Waals surface area (Å²) in [6.45, 7) is 4.44. The van der Waals surface area contributed by atoms with Crippen LogP contribution in [0.2, 0.25) is 0 Å². The van der Waals surface area contributed by atoms with Crippen LogP contribution in [-0.4, -0.2) is 0 Å². The van der Waals surface area contributed by atoms with Crippen LogP contribution >= 0.6 is 0 Å². The largest absolute Gasteiger partial charge is 0.0683 e. The molecule has 0 aliphatic heterocycles. The van der Waals surface area contributed by atoms with Crippen molar-refractivity contribution in [3.8, 4) is 11.1 Å². The number of fused-ring (bicyclic) bond motifs is 1. The quantitative estimate of drug-likeness (QED) is 0.695. The van der Waals surface area contributed by atoms with Crippen LogP contribution in [-0.2, 0) is 12.8 Å². The second-order valence-corrected chi connectivity index (χ2v) is 5.06. The molecule has 0 atom stereocenters. The third kappa shape index (κ3) is 1.78. The lowest BCUT2D eigenvalue weighted by atomic mass is 9.93. The van der Waals surface area contributed by atoms with Gasteiger partial charge in [0.2, 0.25) is 0 Å². The van der Waals surface area contributed by atoms with Gasteiger partial charge in [-0.3, -0.25) is 0 Å². The van der Waals surface area contributed by atoms with E-state index in [0.29, 0.717) is 0 Å². The maximum atomic E-state index is 2.34. The van der Waals surface area contributed by atoms with Gasteiger partial charge >= 0.3 is 0 Å². The minimum atomic E-state index is 1.09. The third-order valence-electron chi connectivity index (χ3n) is 3.74. The van der Waals surface area contributed by atoms with Gasteiger partial charge in [0.1, 0.15) is 0 Å². The van der Waals surface area contributed by atoms with Crippen LogP contribution in [0, 0.1) is 0 Å². The van der Waals surface area contributed by atoms with Gasteiger partial charge in [0.25, 0.3) is 0 Å². The number of rotatable bonds is 2. The van der Waals surface area contributed by atoms with Crippen LogP contribution in [0.1, 0.15) is 30.5 Å². The minimum Gasteiger partial charge on any atom is -0.0683 e. The Morgan fingerprint density at radius 3 is 2.56 bits per heavy atom. The first-order chi connectivity index (χ1) is 8.79. The van der Waals surface area contributed by atoms with E-state index in [-0.39, 0.29) is 0 Å². The third-order valence-corrected chi connectivity index (χ3v) is 3.74. The molecule has 0 saturated carbocycles. The summed E-state index contributed by atoms with van der Waals surface area (Å²) in [6, 6.07) is 15.4. The second-order valence-electron chi connectivity index (χ2n) is 5.06. The summed E-state index contributed by atoms with van der Waals surface area (Å²) in [5, 5.41) is 0. The van der Waals surface area contributed by atoms with Crippen molar-refractivity contribution in [3.63, 3.8) is 0 Å². The van der Waals surface area contributed by atoms with Crippen molar-refractivity contribution in [3.05, 3.63) is 64.7 Å². The van der Waals surface area contributed by atoms with Gasteiger partial charge in [0.15, 0.2) is 0 Å². The zero-order valence-corrected chi connectivity index (χ0v) is 11.0. The van der Waals surface area contributed by atoms with E-state index < -0.39 is 0 Å². The number of benzene rings is 2. The summed E-state index contributed by atoms with van der Waals surface area (Å²) in [6.07, 6.45) is 4.54. The van der Waals surface area contributed by atoms with Crippen LogP contribution in [0.4, 0.5) is 0 Å². The molecule has 0 unspecified atom stereocenters. The number of aryl methyl sites for hydroxylation is 1. The Bertz CT molecular complexity index is 618. The molecule has 18 heavy (non-hydrogen) atoms. The Morgan fingerprint density at radius 1 is 0.944 bits per heavy atom. The van der Waals surface area contributed by atoms with Crippen LogP contribution in [0.15, 0.2) is 48.0 Å². The highest BCUT2D eigenvalue weighted by Gasteiger charge is 2.15. The number of hydrogen-bond donors (Lipinski definition) is 0. The van der Waals surface area contributed by atoms with E-state index >= 15 is 0 Å². The van der Waals surface area contributed by atoms with Gasteiger partial charge in [-0.05, 0) is 47.6 Å². The van der Waals surface area contributed by atoms with Crippen molar-refractivity contribution >= 4 is 6.08 Å².